The Balaban J connectivity index is 1.69. The van der Waals surface area contributed by atoms with Gasteiger partial charge in [0.25, 0.3) is 5.91 Å². The summed E-state index contributed by atoms with van der Waals surface area (Å²) in [5.74, 6) is -0.692. The molecule has 2 aromatic rings. The number of nitrogens with zero attached hydrogens (tertiary/aromatic N) is 5. The van der Waals surface area contributed by atoms with Gasteiger partial charge in [0.15, 0.2) is 15.5 Å². The highest BCUT2D eigenvalue weighted by Gasteiger charge is 2.50. The highest BCUT2D eigenvalue weighted by molar-refractivity contribution is 7.91. The molecular formula is C15H17N5O5S. The van der Waals surface area contributed by atoms with E-state index in [-0.39, 0.29) is 30.5 Å². The van der Waals surface area contributed by atoms with Crippen LogP contribution in [0.2, 0.25) is 0 Å². The minimum atomic E-state index is -3.36. The maximum absolute atomic E-state index is 13.1. The van der Waals surface area contributed by atoms with Gasteiger partial charge in [0.1, 0.15) is 5.56 Å². The number of rotatable bonds is 1. The molecule has 0 unspecified atom stereocenters. The van der Waals surface area contributed by atoms with Crippen LogP contribution in [0.1, 0.15) is 10.4 Å². The van der Waals surface area contributed by atoms with Crippen molar-refractivity contribution in [1.82, 2.24) is 24.4 Å². The van der Waals surface area contributed by atoms with E-state index in [0.29, 0.717) is 11.2 Å². The number of piperazine rings is 1. The van der Waals surface area contributed by atoms with Crippen LogP contribution in [0.25, 0.3) is 5.65 Å². The highest BCUT2D eigenvalue weighted by Crippen LogP contribution is 2.29. The number of amides is 2. The Hall–Kier alpha value is -2.69. The van der Waals surface area contributed by atoms with Crippen molar-refractivity contribution in [1.29, 1.82) is 0 Å². The topological polar surface area (TPSA) is 114 Å². The number of hydrogen-bond donors (Lipinski definition) is 0. The predicted octanol–water partition coefficient (Wildman–Crippen LogP) is -0.581. The lowest BCUT2D eigenvalue weighted by Crippen LogP contribution is -2.61. The Morgan fingerprint density at radius 3 is 2.62 bits per heavy atom. The summed E-state index contributed by atoms with van der Waals surface area (Å²) in [7, 11) is -2.11. The van der Waals surface area contributed by atoms with Crippen LogP contribution in [-0.2, 0) is 14.6 Å². The Kier molecular flexibility index (Phi) is 3.83. The van der Waals surface area contributed by atoms with E-state index in [2.05, 4.69) is 10.1 Å². The lowest BCUT2D eigenvalue weighted by Gasteiger charge is -2.42. The Morgan fingerprint density at radius 2 is 1.88 bits per heavy atom. The van der Waals surface area contributed by atoms with E-state index in [1.807, 2.05) is 0 Å². The second-order valence-electron chi connectivity index (χ2n) is 6.32. The zero-order valence-corrected chi connectivity index (χ0v) is 14.8. The Morgan fingerprint density at radius 1 is 1.19 bits per heavy atom. The van der Waals surface area contributed by atoms with E-state index in [1.54, 1.807) is 18.5 Å². The molecule has 0 aromatic carbocycles. The summed E-state index contributed by atoms with van der Waals surface area (Å²) in [4.78, 5) is 32.1. The summed E-state index contributed by atoms with van der Waals surface area (Å²) in [5.41, 5.74) is 0.713. The normalized spacial score (nSPS) is 24.5. The molecule has 10 nitrogen and oxygen atoms in total. The van der Waals surface area contributed by atoms with Crippen LogP contribution in [0, 0.1) is 0 Å². The van der Waals surface area contributed by atoms with E-state index in [9.17, 15) is 18.0 Å². The van der Waals surface area contributed by atoms with E-state index < -0.39 is 28.0 Å². The van der Waals surface area contributed by atoms with Crippen molar-refractivity contribution in [2.45, 2.75) is 12.1 Å². The van der Waals surface area contributed by atoms with Crippen molar-refractivity contribution in [2.75, 3.05) is 31.7 Å². The van der Waals surface area contributed by atoms with E-state index in [4.69, 9.17) is 4.74 Å². The maximum atomic E-state index is 13.1. The fraction of sp³-hybridized carbons (Fsp3) is 0.467. The number of sulfone groups is 1. The minimum absolute atomic E-state index is 0.177. The zero-order chi connectivity index (χ0) is 18.5. The molecule has 138 valence electrons. The number of hydrogen-bond acceptors (Lipinski definition) is 7. The van der Waals surface area contributed by atoms with Gasteiger partial charge in [0.2, 0.25) is 0 Å². The minimum Gasteiger partial charge on any atom is -0.453 e. The molecule has 2 saturated heterocycles. The quantitative estimate of drug-likeness (QED) is 0.651. The van der Waals surface area contributed by atoms with Gasteiger partial charge in [-0.05, 0) is 6.07 Å². The van der Waals surface area contributed by atoms with Crippen molar-refractivity contribution >= 4 is 27.5 Å². The third-order valence-corrected chi connectivity index (χ3v) is 6.55. The Labute approximate surface area is 149 Å². The SMILES string of the molecule is COC(=O)N1CCN(C(=O)c2cnn3cccnc23)[C@@H]2CS(=O)(=O)C[C@@H]21. The third-order valence-electron chi connectivity index (χ3n) is 4.86. The number of aromatic nitrogens is 3. The summed E-state index contributed by atoms with van der Waals surface area (Å²) in [6, 6.07) is 0.474. The molecule has 0 aliphatic carbocycles. The molecule has 26 heavy (non-hydrogen) atoms. The second-order valence-corrected chi connectivity index (χ2v) is 8.47. The van der Waals surface area contributed by atoms with Crippen LogP contribution in [0.15, 0.2) is 24.7 Å². The van der Waals surface area contributed by atoms with Crippen molar-refractivity contribution in [2.24, 2.45) is 0 Å². The fourth-order valence-electron chi connectivity index (χ4n) is 3.68. The van der Waals surface area contributed by atoms with Gasteiger partial charge in [-0.1, -0.05) is 0 Å². The van der Waals surface area contributed by atoms with Crippen LogP contribution in [0.5, 0.6) is 0 Å². The molecule has 2 fully saturated rings. The molecule has 0 radical (unpaired) electrons. The van der Waals surface area contributed by atoms with Gasteiger partial charge in [0, 0.05) is 25.5 Å². The van der Waals surface area contributed by atoms with Crippen LogP contribution < -0.4 is 0 Å². The van der Waals surface area contributed by atoms with Crippen LogP contribution in [0.4, 0.5) is 4.79 Å². The average Bonchev–Trinajstić information content (AvgIpc) is 3.19. The molecule has 0 bridgehead atoms. The smallest absolute Gasteiger partial charge is 0.409 e. The van der Waals surface area contributed by atoms with Crippen molar-refractivity contribution in [3.63, 3.8) is 0 Å². The van der Waals surface area contributed by atoms with Gasteiger partial charge in [-0.3, -0.25) is 4.79 Å². The largest absolute Gasteiger partial charge is 0.453 e. The summed E-state index contributed by atoms with van der Waals surface area (Å²) < 4.78 is 30.6. The van der Waals surface area contributed by atoms with Gasteiger partial charge in [0.05, 0.1) is 36.9 Å². The number of carbonyl (C=O) groups excluding carboxylic acids is 2. The lowest BCUT2D eigenvalue weighted by atomic mass is 10.0. The summed E-state index contributed by atoms with van der Waals surface area (Å²) in [6.45, 7) is 0.427. The van der Waals surface area contributed by atoms with Crippen molar-refractivity contribution in [3.05, 3.63) is 30.2 Å². The molecule has 4 heterocycles. The monoisotopic (exact) mass is 379 g/mol. The summed E-state index contributed by atoms with van der Waals surface area (Å²) in [5, 5.41) is 4.11. The molecule has 0 saturated carbocycles. The first-order chi connectivity index (χ1) is 12.4. The summed E-state index contributed by atoms with van der Waals surface area (Å²) in [6.07, 6.45) is 4.08. The molecule has 2 aliphatic heterocycles. The fourth-order valence-corrected chi connectivity index (χ4v) is 5.66. The van der Waals surface area contributed by atoms with Crippen molar-refractivity contribution in [3.8, 4) is 0 Å². The zero-order valence-electron chi connectivity index (χ0n) is 14.0. The van der Waals surface area contributed by atoms with Gasteiger partial charge in [-0.15, -0.1) is 0 Å². The predicted molar refractivity (Wildman–Crippen MR) is 89.4 cm³/mol. The molecule has 2 aromatic heterocycles. The average molecular weight is 379 g/mol. The Bertz CT molecular complexity index is 987. The molecule has 0 N–H and O–H groups in total. The first kappa shape index (κ1) is 16.8. The first-order valence-electron chi connectivity index (χ1n) is 8.05. The number of methoxy groups -OCH3 is 1. The van der Waals surface area contributed by atoms with E-state index in [1.165, 1.54) is 27.6 Å². The lowest BCUT2D eigenvalue weighted by molar-refractivity contribution is 0.0303. The number of fused-ring (bicyclic) bond motifs is 2. The molecule has 4 rings (SSSR count). The van der Waals surface area contributed by atoms with Gasteiger partial charge < -0.3 is 14.5 Å². The summed E-state index contributed by atoms with van der Waals surface area (Å²) >= 11 is 0. The van der Waals surface area contributed by atoms with E-state index in [0.717, 1.165) is 0 Å². The molecule has 11 heteroatoms. The second kappa shape index (κ2) is 5.94. The van der Waals surface area contributed by atoms with Gasteiger partial charge >= 0.3 is 6.09 Å². The molecule has 2 atom stereocenters. The van der Waals surface area contributed by atoms with Gasteiger partial charge in [-0.25, -0.2) is 22.7 Å². The third kappa shape index (κ3) is 2.59. The first-order valence-corrected chi connectivity index (χ1v) is 9.88. The highest BCUT2D eigenvalue weighted by atomic mass is 32.2. The van der Waals surface area contributed by atoms with Crippen LogP contribution in [0.3, 0.4) is 0 Å². The standard InChI is InChI=1S/C15H17N5O5S/c1-25-15(22)19-6-5-18(11-8-26(23,24)9-12(11)19)14(21)10-7-17-20-4-2-3-16-13(10)20/h2-4,7,11-12H,5-6,8-9H2,1H3/t11-,12+/m1/s1. The molecular weight excluding hydrogens is 362 g/mol. The number of ether oxygens (including phenoxy) is 1. The van der Waals surface area contributed by atoms with Crippen molar-refractivity contribution < 1.29 is 22.7 Å². The number of carbonyl (C=O) groups is 2. The van der Waals surface area contributed by atoms with E-state index >= 15 is 0 Å². The van der Waals surface area contributed by atoms with Crippen LogP contribution >= 0.6 is 0 Å². The maximum Gasteiger partial charge on any atom is 0.409 e. The molecule has 2 aliphatic rings. The van der Waals surface area contributed by atoms with Crippen LogP contribution in [-0.4, -0.2) is 88.6 Å². The van der Waals surface area contributed by atoms with Gasteiger partial charge in [-0.2, -0.15) is 5.10 Å². The molecule has 0 spiro atoms. The molecule has 2 amide bonds.